The Bertz CT molecular complexity index is 531. The van der Waals surface area contributed by atoms with Crippen LogP contribution in [0.5, 0.6) is 0 Å². The number of Topliss-reactive ketones (excluding diaryl/α,β-unsaturated/α-hetero) is 1. The fraction of sp³-hybridized carbons (Fsp3) is 0.467. The van der Waals surface area contributed by atoms with Crippen molar-refractivity contribution >= 4 is 11.7 Å². The van der Waals surface area contributed by atoms with Crippen molar-refractivity contribution in [1.29, 1.82) is 0 Å². The van der Waals surface area contributed by atoms with Crippen LogP contribution in [-0.2, 0) is 17.6 Å². The highest BCUT2D eigenvalue weighted by atomic mass is 16.2. The molecule has 1 heterocycles. The Kier molecular flexibility index (Phi) is 3.11. The number of nitrogens with zero attached hydrogens (tertiary/aromatic N) is 2. The van der Waals surface area contributed by atoms with Crippen molar-refractivity contribution < 1.29 is 9.59 Å². The minimum atomic E-state index is 0.0928. The number of hydrogen-bond donors (Lipinski definition) is 0. The summed E-state index contributed by atoms with van der Waals surface area (Å²) >= 11 is 0. The summed E-state index contributed by atoms with van der Waals surface area (Å²) in [5, 5.41) is 0. The molecule has 0 bridgehead atoms. The molecule has 4 heteroatoms. The van der Waals surface area contributed by atoms with Crippen LogP contribution in [0, 0.1) is 0 Å². The highest BCUT2D eigenvalue weighted by Gasteiger charge is 2.23. The topological polar surface area (TPSA) is 40.6 Å². The average molecular weight is 258 g/mol. The molecule has 0 saturated carbocycles. The van der Waals surface area contributed by atoms with Gasteiger partial charge in [-0.1, -0.05) is 6.07 Å². The van der Waals surface area contributed by atoms with Gasteiger partial charge < -0.3 is 9.80 Å². The monoisotopic (exact) mass is 258 g/mol. The average Bonchev–Trinajstić information content (AvgIpc) is 2.77. The molecular weight excluding hydrogens is 240 g/mol. The number of carbonyl (C=O) groups excluding carboxylic acids is 2. The zero-order valence-corrected chi connectivity index (χ0v) is 11.2. The van der Waals surface area contributed by atoms with E-state index in [1.165, 1.54) is 0 Å². The summed E-state index contributed by atoms with van der Waals surface area (Å²) in [7, 11) is 2.07. The molecule has 0 unspecified atom stereocenters. The quantitative estimate of drug-likeness (QED) is 0.746. The van der Waals surface area contributed by atoms with Crippen LogP contribution in [0.25, 0.3) is 0 Å². The SMILES string of the molecule is CN1CCN(C(=O)c2ccc3c(c2)CC(=O)C3)CC1. The Hall–Kier alpha value is -1.68. The molecule has 0 radical (unpaired) electrons. The van der Waals surface area contributed by atoms with Crippen molar-refractivity contribution in [2.24, 2.45) is 0 Å². The van der Waals surface area contributed by atoms with Gasteiger partial charge in [-0.15, -0.1) is 0 Å². The van der Waals surface area contributed by atoms with Gasteiger partial charge in [-0.3, -0.25) is 9.59 Å². The standard InChI is InChI=1S/C15H18N2O2/c1-16-4-6-17(7-5-16)15(19)12-3-2-11-9-14(18)10-13(11)8-12/h2-3,8H,4-7,9-10H2,1H3. The Morgan fingerprint density at radius 2 is 1.74 bits per heavy atom. The second-order valence-electron chi connectivity index (χ2n) is 5.47. The van der Waals surface area contributed by atoms with Crippen LogP contribution in [-0.4, -0.2) is 54.7 Å². The van der Waals surface area contributed by atoms with Crippen LogP contribution in [0.1, 0.15) is 21.5 Å². The molecule has 0 N–H and O–H groups in total. The molecule has 0 aromatic heterocycles. The first-order chi connectivity index (χ1) is 9.13. The summed E-state index contributed by atoms with van der Waals surface area (Å²) in [5.41, 5.74) is 2.84. The third kappa shape index (κ3) is 2.40. The van der Waals surface area contributed by atoms with Gasteiger partial charge in [0.1, 0.15) is 5.78 Å². The molecule has 1 fully saturated rings. The van der Waals surface area contributed by atoms with E-state index in [-0.39, 0.29) is 11.7 Å². The fourth-order valence-corrected chi connectivity index (χ4v) is 2.78. The molecule has 3 rings (SSSR count). The predicted molar refractivity (Wildman–Crippen MR) is 72.3 cm³/mol. The highest BCUT2D eigenvalue weighted by molar-refractivity contribution is 5.96. The van der Waals surface area contributed by atoms with E-state index in [1.54, 1.807) is 0 Å². The van der Waals surface area contributed by atoms with E-state index in [1.807, 2.05) is 23.1 Å². The molecule has 1 aliphatic heterocycles. The molecule has 1 aromatic rings. The van der Waals surface area contributed by atoms with Crippen LogP contribution >= 0.6 is 0 Å². The Morgan fingerprint density at radius 1 is 1.05 bits per heavy atom. The second-order valence-corrected chi connectivity index (χ2v) is 5.47. The van der Waals surface area contributed by atoms with E-state index in [4.69, 9.17) is 0 Å². The van der Waals surface area contributed by atoms with Crippen LogP contribution < -0.4 is 0 Å². The lowest BCUT2D eigenvalue weighted by atomic mass is 10.1. The third-order valence-electron chi connectivity index (χ3n) is 4.02. The van der Waals surface area contributed by atoms with E-state index in [0.29, 0.717) is 12.8 Å². The molecule has 0 atom stereocenters. The molecule has 2 aliphatic rings. The summed E-state index contributed by atoms with van der Waals surface area (Å²) in [6, 6.07) is 5.70. The van der Waals surface area contributed by atoms with Crippen molar-refractivity contribution in [2.75, 3.05) is 33.2 Å². The molecule has 1 aromatic carbocycles. The van der Waals surface area contributed by atoms with Crippen LogP contribution in [0.4, 0.5) is 0 Å². The maximum atomic E-state index is 12.4. The van der Waals surface area contributed by atoms with Gasteiger partial charge in [-0.05, 0) is 30.3 Å². The lowest BCUT2D eigenvalue weighted by Gasteiger charge is -2.32. The maximum Gasteiger partial charge on any atom is 0.253 e. The van der Waals surface area contributed by atoms with Gasteiger partial charge in [0.2, 0.25) is 0 Å². The third-order valence-corrected chi connectivity index (χ3v) is 4.02. The molecule has 1 amide bonds. The van der Waals surface area contributed by atoms with E-state index in [0.717, 1.165) is 42.9 Å². The summed E-state index contributed by atoms with van der Waals surface area (Å²) in [6.45, 7) is 3.42. The van der Waals surface area contributed by atoms with E-state index < -0.39 is 0 Å². The Balaban J connectivity index is 1.77. The molecule has 100 valence electrons. The summed E-state index contributed by atoms with van der Waals surface area (Å²) < 4.78 is 0. The first kappa shape index (κ1) is 12.4. The number of ketones is 1. The van der Waals surface area contributed by atoms with Gasteiger partial charge in [-0.2, -0.15) is 0 Å². The fourth-order valence-electron chi connectivity index (χ4n) is 2.78. The van der Waals surface area contributed by atoms with Gasteiger partial charge >= 0.3 is 0 Å². The van der Waals surface area contributed by atoms with Gasteiger partial charge in [0, 0.05) is 44.6 Å². The van der Waals surface area contributed by atoms with E-state index in [2.05, 4.69) is 11.9 Å². The number of carbonyl (C=O) groups is 2. The largest absolute Gasteiger partial charge is 0.336 e. The smallest absolute Gasteiger partial charge is 0.253 e. The number of likely N-dealkylation sites (N-methyl/N-ethyl adjacent to an activating group) is 1. The van der Waals surface area contributed by atoms with Crippen molar-refractivity contribution in [2.45, 2.75) is 12.8 Å². The van der Waals surface area contributed by atoms with Crippen molar-refractivity contribution in [3.8, 4) is 0 Å². The normalized spacial score (nSPS) is 19.6. The van der Waals surface area contributed by atoms with Crippen molar-refractivity contribution in [1.82, 2.24) is 9.80 Å². The lowest BCUT2D eigenvalue weighted by molar-refractivity contribution is -0.117. The number of hydrogen-bond acceptors (Lipinski definition) is 3. The van der Waals surface area contributed by atoms with E-state index >= 15 is 0 Å². The van der Waals surface area contributed by atoms with Gasteiger partial charge in [0.15, 0.2) is 0 Å². The van der Waals surface area contributed by atoms with Crippen LogP contribution in [0.15, 0.2) is 18.2 Å². The summed E-state index contributed by atoms with van der Waals surface area (Å²) in [5.74, 6) is 0.342. The number of piperazine rings is 1. The first-order valence-electron chi connectivity index (χ1n) is 6.75. The number of amides is 1. The van der Waals surface area contributed by atoms with E-state index in [9.17, 15) is 9.59 Å². The maximum absolute atomic E-state index is 12.4. The summed E-state index contributed by atoms with van der Waals surface area (Å²) in [6.07, 6.45) is 1.01. The molecule has 1 saturated heterocycles. The molecule has 1 aliphatic carbocycles. The number of fused-ring (bicyclic) bond motifs is 1. The summed E-state index contributed by atoms with van der Waals surface area (Å²) in [4.78, 5) is 28.0. The van der Waals surface area contributed by atoms with Crippen molar-refractivity contribution in [3.05, 3.63) is 34.9 Å². The van der Waals surface area contributed by atoms with Crippen LogP contribution in [0.3, 0.4) is 0 Å². The molecule has 19 heavy (non-hydrogen) atoms. The predicted octanol–water partition coefficient (Wildman–Crippen LogP) is 0.742. The van der Waals surface area contributed by atoms with Crippen molar-refractivity contribution in [3.63, 3.8) is 0 Å². The number of benzene rings is 1. The van der Waals surface area contributed by atoms with Gasteiger partial charge in [0.05, 0.1) is 0 Å². The highest BCUT2D eigenvalue weighted by Crippen LogP contribution is 2.21. The molecular formula is C15H18N2O2. The van der Waals surface area contributed by atoms with Gasteiger partial charge in [-0.25, -0.2) is 0 Å². The zero-order chi connectivity index (χ0) is 13.4. The molecule has 0 spiro atoms. The Labute approximate surface area is 113 Å². The van der Waals surface area contributed by atoms with Gasteiger partial charge in [0.25, 0.3) is 5.91 Å². The minimum absolute atomic E-state index is 0.0928. The first-order valence-corrected chi connectivity index (χ1v) is 6.75. The Morgan fingerprint density at radius 3 is 2.47 bits per heavy atom. The van der Waals surface area contributed by atoms with Crippen LogP contribution in [0.2, 0.25) is 0 Å². The minimum Gasteiger partial charge on any atom is -0.336 e. The lowest BCUT2D eigenvalue weighted by Crippen LogP contribution is -2.47. The number of rotatable bonds is 1. The second kappa shape index (κ2) is 4.78. The molecule has 4 nitrogen and oxygen atoms in total. The zero-order valence-electron chi connectivity index (χ0n) is 11.2.